The third-order valence-corrected chi connectivity index (χ3v) is 5.88. The highest BCUT2D eigenvalue weighted by Gasteiger charge is 2.24. The van der Waals surface area contributed by atoms with Crippen molar-refractivity contribution in [2.45, 2.75) is 20.8 Å². The molecule has 2 aromatic carbocycles. The van der Waals surface area contributed by atoms with Crippen molar-refractivity contribution in [2.24, 2.45) is 0 Å². The summed E-state index contributed by atoms with van der Waals surface area (Å²) in [7, 11) is 3.11. The van der Waals surface area contributed by atoms with E-state index in [1.54, 1.807) is 50.4 Å². The fourth-order valence-electron chi connectivity index (χ4n) is 4.12. The zero-order valence-electron chi connectivity index (χ0n) is 20.7. The number of benzene rings is 2. The van der Waals surface area contributed by atoms with Crippen LogP contribution in [0.1, 0.15) is 37.7 Å². The summed E-state index contributed by atoms with van der Waals surface area (Å²) in [6.45, 7) is 5.62. The molecule has 2 aromatic heterocycles. The molecule has 0 aliphatic heterocycles. The Hall–Kier alpha value is -4.66. The number of nitrogens with zero attached hydrogens (tertiary/aromatic N) is 3. The summed E-state index contributed by atoms with van der Waals surface area (Å²) in [5.41, 5.74) is 5.05. The first-order chi connectivity index (χ1) is 17.2. The van der Waals surface area contributed by atoms with Gasteiger partial charge in [-0.3, -0.25) is 9.59 Å². The Morgan fingerprint density at radius 3 is 2.31 bits per heavy atom. The highest BCUT2D eigenvalue weighted by atomic mass is 16.5. The average molecular weight is 486 g/mol. The number of amides is 2. The third kappa shape index (κ3) is 4.50. The molecule has 2 heterocycles. The second-order valence-electron chi connectivity index (χ2n) is 8.31. The van der Waals surface area contributed by atoms with Gasteiger partial charge in [-0.1, -0.05) is 24.3 Å². The number of pyridine rings is 1. The van der Waals surface area contributed by atoms with Gasteiger partial charge in [-0.25, -0.2) is 9.97 Å². The van der Waals surface area contributed by atoms with Gasteiger partial charge in [0.1, 0.15) is 17.1 Å². The Morgan fingerprint density at radius 1 is 0.944 bits per heavy atom. The lowest BCUT2D eigenvalue weighted by molar-refractivity contribution is 0.0956. The monoisotopic (exact) mass is 485 g/mol. The molecular weight excluding hydrogens is 458 g/mol. The Bertz CT molecular complexity index is 1460. The van der Waals surface area contributed by atoms with Gasteiger partial charge < -0.3 is 20.6 Å². The van der Waals surface area contributed by atoms with E-state index in [-0.39, 0.29) is 17.4 Å². The molecule has 0 aliphatic rings. The second kappa shape index (κ2) is 9.91. The summed E-state index contributed by atoms with van der Waals surface area (Å²) < 4.78 is 6.29. The molecule has 0 fully saturated rings. The molecule has 0 atom stereocenters. The predicted octanol–water partition coefficient (Wildman–Crippen LogP) is 4.40. The maximum Gasteiger partial charge on any atom is 0.277 e. The highest BCUT2D eigenvalue weighted by molar-refractivity contribution is 6.05. The molecule has 0 saturated carbocycles. The van der Waals surface area contributed by atoms with Crippen LogP contribution in [0.3, 0.4) is 0 Å². The topological polar surface area (TPSA) is 118 Å². The quantitative estimate of drug-likeness (QED) is 0.349. The zero-order chi connectivity index (χ0) is 26.0. The maximum atomic E-state index is 13.1. The van der Waals surface area contributed by atoms with Crippen LogP contribution < -0.4 is 15.4 Å². The number of ether oxygens (including phenoxy) is 1. The molecule has 0 unspecified atom stereocenters. The van der Waals surface area contributed by atoms with Crippen LogP contribution in [0, 0.1) is 20.8 Å². The maximum absolute atomic E-state index is 13.1. The molecular formula is C27H27N5O4. The molecule has 9 nitrogen and oxygen atoms in total. The first-order valence-corrected chi connectivity index (χ1v) is 11.3. The molecule has 2 amide bonds. The molecule has 184 valence electrons. The van der Waals surface area contributed by atoms with Crippen LogP contribution in [-0.4, -0.2) is 45.9 Å². The van der Waals surface area contributed by atoms with Gasteiger partial charge in [0.25, 0.3) is 11.8 Å². The van der Waals surface area contributed by atoms with Crippen molar-refractivity contribution < 1.29 is 19.5 Å². The van der Waals surface area contributed by atoms with Crippen LogP contribution in [0.25, 0.3) is 22.8 Å². The SMILES string of the molecule is CNC(=O)c1cccc(NC(=O)c2c(C)nc(-c3ccc(OC)c(-c4c(C)cccc4C)n3)n2O)c1. The van der Waals surface area contributed by atoms with Gasteiger partial charge in [-0.15, -0.1) is 0 Å². The van der Waals surface area contributed by atoms with Crippen molar-refractivity contribution in [3.63, 3.8) is 0 Å². The summed E-state index contributed by atoms with van der Waals surface area (Å²) in [6, 6.07) is 15.9. The molecule has 36 heavy (non-hydrogen) atoms. The van der Waals surface area contributed by atoms with Gasteiger partial charge >= 0.3 is 0 Å². The van der Waals surface area contributed by atoms with Crippen LogP contribution in [0.2, 0.25) is 0 Å². The number of nitrogens with one attached hydrogen (secondary N) is 2. The van der Waals surface area contributed by atoms with E-state index in [1.165, 1.54) is 7.05 Å². The molecule has 0 radical (unpaired) electrons. The van der Waals surface area contributed by atoms with E-state index in [4.69, 9.17) is 9.72 Å². The van der Waals surface area contributed by atoms with E-state index in [9.17, 15) is 14.8 Å². The van der Waals surface area contributed by atoms with Crippen LogP contribution >= 0.6 is 0 Å². The van der Waals surface area contributed by atoms with Crippen molar-refractivity contribution in [3.8, 4) is 28.5 Å². The Balaban J connectivity index is 1.73. The van der Waals surface area contributed by atoms with Gasteiger partial charge in [0.05, 0.1) is 12.8 Å². The second-order valence-corrected chi connectivity index (χ2v) is 8.31. The van der Waals surface area contributed by atoms with Gasteiger partial charge in [0, 0.05) is 23.9 Å². The van der Waals surface area contributed by atoms with E-state index in [0.717, 1.165) is 21.4 Å². The van der Waals surface area contributed by atoms with Crippen LogP contribution in [0.15, 0.2) is 54.6 Å². The predicted molar refractivity (Wildman–Crippen MR) is 137 cm³/mol. The van der Waals surface area contributed by atoms with E-state index >= 15 is 0 Å². The van der Waals surface area contributed by atoms with E-state index < -0.39 is 5.91 Å². The largest absolute Gasteiger partial charge is 0.494 e. The Kier molecular flexibility index (Phi) is 6.73. The summed E-state index contributed by atoms with van der Waals surface area (Å²) in [5.74, 6) is -0.155. The van der Waals surface area contributed by atoms with Crippen molar-refractivity contribution in [1.82, 2.24) is 20.0 Å². The normalized spacial score (nSPS) is 10.7. The lowest BCUT2D eigenvalue weighted by atomic mass is 9.99. The van der Waals surface area contributed by atoms with Gasteiger partial charge in [-0.05, 0) is 62.2 Å². The van der Waals surface area contributed by atoms with E-state index in [0.29, 0.717) is 34.1 Å². The molecule has 0 saturated heterocycles. The molecule has 3 N–H and O–H groups in total. The Labute approximate surface area is 208 Å². The van der Waals surface area contributed by atoms with Gasteiger partial charge in [0.15, 0.2) is 11.5 Å². The standard InChI is InChI=1S/C27H27N5O4/c1-15-8-6-9-16(2)22(15)23-21(36-5)13-12-20(31-23)25-29-17(3)24(32(25)35)27(34)30-19-11-7-10-18(14-19)26(33)28-4/h6-14,35H,1-5H3,(H,28,33)(H,30,34). The van der Waals surface area contributed by atoms with Crippen LogP contribution in [0.4, 0.5) is 5.69 Å². The van der Waals surface area contributed by atoms with Crippen molar-refractivity contribution >= 4 is 17.5 Å². The zero-order valence-corrected chi connectivity index (χ0v) is 20.7. The molecule has 4 aromatic rings. The molecule has 0 aliphatic carbocycles. The number of rotatable bonds is 6. The minimum Gasteiger partial charge on any atom is -0.494 e. The first kappa shape index (κ1) is 24.5. The first-order valence-electron chi connectivity index (χ1n) is 11.3. The van der Waals surface area contributed by atoms with Crippen molar-refractivity contribution in [2.75, 3.05) is 19.5 Å². The van der Waals surface area contributed by atoms with E-state index in [1.807, 2.05) is 32.0 Å². The summed E-state index contributed by atoms with van der Waals surface area (Å²) in [5, 5.41) is 16.2. The molecule has 0 spiro atoms. The van der Waals surface area contributed by atoms with Gasteiger partial charge in [0.2, 0.25) is 0 Å². The number of hydrogen-bond acceptors (Lipinski definition) is 6. The number of anilines is 1. The van der Waals surface area contributed by atoms with Gasteiger partial charge in [-0.2, -0.15) is 4.73 Å². The smallest absolute Gasteiger partial charge is 0.277 e. The number of aryl methyl sites for hydroxylation is 3. The third-order valence-electron chi connectivity index (χ3n) is 5.88. The van der Waals surface area contributed by atoms with Crippen LogP contribution in [0.5, 0.6) is 5.75 Å². The van der Waals surface area contributed by atoms with Crippen molar-refractivity contribution in [3.05, 3.63) is 82.7 Å². The van der Waals surface area contributed by atoms with Crippen molar-refractivity contribution in [1.29, 1.82) is 0 Å². The summed E-state index contributed by atoms with van der Waals surface area (Å²) >= 11 is 0. The number of carbonyl (C=O) groups is 2. The molecule has 0 bridgehead atoms. The minimum absolute atomic E-state index is 0.0402. The number of imidazole rings is 1. The molecule has 9 heteroatoms. The summed E-state index contributed by atoms with van der Waals surface area (Å²) in [6.07, 6.45) is 0. The average Bonchev–Trinajstić information content (AvgIpc) is 3.17. The fourth-order valence-corrected chi connectivity index (χ4v) is 4.12. The highest BCUT2D eigenvalue weighted by Crippen LogP contribution is 2.35. The minimum atomic E-state index is -0.578. The lowest BCUT2D eigenvalue weighted by Crippen LogP contribution is -2.20. The number of methoxy groups -OCH3 is 1. The lowest BCUT2D eigenvalue weighted by Gasteiger charge is -2.14. The fraction of sp³-hybridized carbons (Fsp3) is 0.185. The van der Waals surface area contributed by atoms with E-state index in [2.05, 4.69) is 15.6 Å². The Morgan fingerprint density at radius 2 is 1.64 bits per heavy atom. The number of carbonyl (C=O) groups excluding carboxylic acids is 2. The number of aromatic nitrogens is 3. The number of hydrogen-bond donors (Lipinski definition) is 3. The molecule has 4 rings (SSSR count). The van der Waals surface area contributed by atoms with Crippen LogP contribution in [-0.2, 0) is 0 Å². The summed E-state index contributed by atoms with van der Waals surface area (Å²) in [4.78, 5) is 34.2.